The Morgan fingerprint density at radius 3 is 3.00 bits per heavy atom. The van der Waals surface area contributed by atoms with E-state index in [4.69, 9.17) is 10.5 Å². The van der Waals surface area contributed by atoms with Crippen LogP contribution < -0.4 is 15.8 Å². The van der Waals surface area contributed by atoms with Gasteiger partial charge in [0.05, 0.1) is 12.2 Å². The van der Waals surface area contributed by atoms with Gasteiger partial charge in [-0.3, -0.25) is 4.79 Å². The number of carbonyl (C=O) groups is 1. The maximum atomic E-state index is 12.0. The normalized spacial score (nSPS) is 16.7. The van der Waals surface area contributed by atoms with Crippen molar-refractivity contribution in [1.82, 2.24) is 20.2 Å². The largest absolute Gasteiger partial charge is 0.494 e. The minimum absolute atomic E-state index is 0.392. The topological polar surface area (TPSA) is 108 Å². The number of nitrogens with zero attached hydrogens (tertiary/aromatic N) is 4. The molecule has 8 nitrogen and oxygen atoms in total. The molecule has 3 N–H and O–H groups in total. The number of nitrogens with one attached hydrogen (secondary N) is 1. The van der Waals surface area contributed by atoms with Crippen LogP contribution in [0.3, 0.4) is 0 Å². The first kappa shape index (κ1) is 15.5. The van der Waals surface area contributed by atoms with Crippen LogP contribution in [-0.4, -0.2) is 32.7 Å². The van der Waals surface area contributed by atoms with E-state index >= 15 is 0 Å². The summed E-state index contributed by atoms with van der Waals surface area (Å²) >= 11 is 3.45. The van der Waals surface area contributed by atoms with Crippen LogP contribution in [0.25, 0.3) is 0 Å². The molecule has 0 spiro atoms. The number of aromatic nitrogens is 4. The SMILES string of the molecule is CCOc1ccc(Br)cc1C1C(C(N)=O)=C(C)Nc2nnnn21. The molecule has 9 heteroatoms. The van der Waals surface area contributed by atoms with Gasteiger partial charge in [-0.1, -0.05) is 21.0 Å². The van der Waals surface area contributed by atoms with Crippen LogP contribution in [0, 0.1) is 0 Å². The summed E-state index contributed by atoms with van der Waals surface area (Å²) in [5.74, 6) is 0.555. The van der Waals surface area contributed by atoms with Crippen LogP contribution in [0.15, 0.2) is 33.9 Å². The molecule has 0 fully saturated rings. The van der Waals surface area contributed by atoms with Crippen molar-refractivity contribution in [2.24, 2.45) is 5.73 Å². The molecule has 0 radical (unpaired) electrons. The van der Waals surface area contributed by atoms with Crippen molar-refractivity contribution < 1.29 is 9.53 Å². The van der Waals surface area contributed by atoms with E-state index in [1.807, 2.05) is 25.1 Å². The summed E-state index contributed by atoms with van der Waals surface area (Å²) in [6.45, 7) is 4.16. The number of rotatable bonds is 4. The predicted octanol–water partition coefficient (Wildman–Crippen LogP) is 1.61. The fourth-order valence-electron chi connectivity index (χ4n) is 2.64. The summed E-state index contributed by atoms with van der Waals surface area (Å²) < 4.78 is 8.08. The Morgan fingerprint density at radius 1 is 1.52 bits per heavy atom. The van der Waals surface area contributed by atoms with Gasteiger partial charge < -0.3 is 15.8 Å². The van der Waals surface area contributed by atoms with Gasteiger partial charge in [0.1, 0.15) is 11.8 Å². The smallest absolute Gasteiger partial charge is 0.248 e. The van der Waals surface area contributed by atoms with Crippen LogP contribution in [0.2, 0.25) is 0 Å². The number of primary amides is 1. The Hall–Kier alpha value is -2.42. The van der Waals surface area contributed by atoms with Crippen molar-refractivity contribution in [3.8, 4) is 5.75 Å². The van der Waals surface area contributed by atoms with Gasteiger partial charge in [0.25, 0.3) is 0 Å². The molecular formula is C14H15BrN6O2. The second kappa shape index (κ2) is 5.99. The summed E-state index contributed by atoms with van der Waals surface area (Å²) in [6, 6.07) is 5.03. The third-order valence-corrected chi connectivity index (χ3v) is 4.04. The number of fused-ring (bicyclic) bond motifs is 1. The molecule has 2 heterocycles. The quantitative estimate of drug-likeness (QED) is 0.836. The highest BCUT2D eigenvalue weighted by molar-refractivity contribution is 9.10. The van der Waals surface area contributed by atoms with Gasteiger partial charge in [0.2, 0.25) is 11.9 Å². The van der Waals surface area contributed by atoms with Gasteiger partial charge in [-0.15, -0.1) is 0 Å². The molecule has 120 valence electrons. The molecule has 2 aromatic rings. The maximum absolute atomic E-state index is 12.0. The molecule has 1 aromatic heterocycles. The average Bonchev–Trinajstić information content (AvgIpc) is 2.95. The molecule has 1 amide bonds. The first-order chi connectivity index (χ1) is 11.0. The van der Waals surface area contributed by atoms with E-state index in [1.54, 1.807) is 6.92 Å². The van der Waals surface area contributed by atoms with E-state index in [2.05, 4.69) is 36.8 Å². The van der Waals surface area contributed by atoms with Gasteiger partial charge >= 0.3 is 0 Å². The summed E-state index contributed by atoms with van der Waals surface area (Å²) in [7, 11) is 0. The van der Waals surface area contributed by atoms with Gasteiger partial charge in [-0.25, -0.2) is 0 Å². The molecule has 1 unspecified atom stereocenters. The number of ether oxygens (including phenoxy) is 1. The monoisotopic (exact) mass is 378 g/mol. The van der Waals surface area contributed by atoms with Crippen LogP contribution in [0.1, 0.15) is 25.5 Å². The molecular weight excluding hydrogens is 364 g/mol. The third kappa shape index (κ3) is 2.67. The van der Waals surface area contributed by atoms with Crippen molar-refractivity contribution in [2.75, 3.05) is 11.9 Å². The third-order valence-electron chi connectivity index (χ3n) is 3.55. The number of halogens is 1. The van der Waals surface area contributed by atoms with Crippen molar-refractivity contribution in [2.45, 2.75) is 19.9 Å². The van der Waals surface area contributed by atoms with E-state index in [-0.39, 0.29) is 0 Å². The number of benzene rings is 1. The zero-order chi connectivity index (χ0) is 16.6. The first-order valence-corrected chi connectivity index (χ1v) is 7.80. The summed E-state index contributed by atoms with van der Waals surface area (Å²) in [5, 5.41) is 14.6. The number of carbonyl (C=O) groups excluding carboxylic acids is 1. The van der Waals surface area contributed by atoms with Crippen molar-refractivity contribution in [3.63, 3.8) is 0 Å². The average molecular weight is 379 g/mol. The van der Waals surface area contributed by atoms with Gasteiger partial charge in [-0.05, 0) is 42.5 Å². The maximum Gasteiger partial charge on any atom is 0.248 e. The number of hydrogen-bond donors (Lipinski definition) is 2. The number of amides is 1. The van der Waals surface area contributed by atoms with Crippen LogP contribution >= 0.6 is 15.9 Å². The Balaban J connectivity index is 2.24. The van der Waals surface area contributed by atoms with Gasteiger partial charge in [0, 0.05) is 15.7 Å². The Morgan fingerprint density at radius 2 is 2.30 bits per heavy atom. The highest BCUT2D eigenvalue weighted by atomic mass is 79.9. The van der Waals surface area contributed by atoms with Crippen LogP contribution in [0.5, 0.6) is 5.75 Å². The Kier molecular flexibility index (Phi) is 4.03. The number of allylic oxidation sites excluding steroid dienone is 1. The summed E-state index contributed by atoms with van der Waals surface area (Å²) in [6.07, 6.45) is 0. The van der Waals surface area contributed by atoms with E-state index in [0.29, 0.717) is 29.6 Å². The molecule has 1 aliphatic heterocycles. The standard InChI is InChI=1S/C14H15BrN6O2/c1-3-23-10-5-4-8(15)6-9(10)12-11(13(16)22)7(2)17-14-18-19-20-21(12)14/h4-6,12H,3H2,1-2H3,(H2,16,22)(H,17,18,20). The molecule has 0 bridgehead atoms. The van der Waals surface area contributed by atoms with Crippen molar-refractivity contribution >= 4 is 27.8 Å². The minimum atomic E-state index is -0.558. The Bertz CT molecular complexity index is 800. The lowest BCUT2D eigenvalue weighted by molar-refractivity contribution is -0.115. The number of anilines is 1. The van der Waals surface area contributed by atoms with Gasteiger partial charge in [0.15, 0.2) is 0 Å². The zero-order valence-electron chi connectivity index (χ0n) is 12.6. The number of tetrazole rings is 1. The predicted molar refractivity (Wildman–Crippen MR) is 86.8 cm³/mol. The summed E-state index contributed by atoms with van der Waals surface area (Å²) in [5.41, 5.74) is 7.37. The van der Waals surface area contributed by atoms with Crippen LogP contribution in [0.4, 0.5) is 5.95 Å². The molecule has 1 atom stereocenters. The molecule has 23 heavy (non-hydrogen) atoms. The molecule has 0 saturated heterocycles. The second-order valence-corrected chi connectivity index (χ2v) is 5.91. The Labute approximate surface area is 140 Å². The molecule has 1 aromatic carbocycles. The lowest BCUT2D eigenvalue weighted by Crippen LogP contribution is -2.32. The highest BCUT2D eigenvalue weighted by Gasteiger charge is 2.34. The fraction of sp³-hybridized carbons (Fsp3) is 0.286. The van der Waals surface area contributed by atoms with Crippen LogP contribution in [-0.2, 0) is 4.79 Å². The lowest BCUT2D eigenvalue weighted by Gasteiger charge is -2.28. The highest BCUT2D eigenvalue weighted by Crippen LogP contribution is 2.39. The lowest BCUT2D eigenvalue weighted by atomic mass is 9.94. The fourth-order valence-corrected chi connectivity index (χ4v) is 3.02. The minimum Gasteiger partial charge on any atom is -0.494 e. The second-order valence-electron chi connectivity index (χ2n) is 4.99. The first-order valence-electron chi connectivity index (χ1n) is 7.00. The van der Waals surface area contributed by atoms with Crippen molar-refractivity contribution in [3.05, 3.63) is 39.5 Å². The molecule has 0 saturated carbocycles. The molecule has 0 aliphatic carbocycles. The van der Waals surface area contributed by atoms with Crippen molar-refractivity contribution in [1.29, 1.82) is 0 Å². The van der Waals surface area contributed by atoms with E-state index in [9.17, 15) is 4.79 Å². The van der Waals surface area contributed by atoms with E-state index in [1.165, 1.54) is 4.68 Å². The summed E-state index contributed by atoms with van der Waals surface area (Å²) in [4.78, 5) is 12.0. The van der Waals surface area contributed by atoms with E-state index in [0.717, 1.165) is 10.0 Å². The molecule has 3 rings (SSSR count). The zero-order valence-corrected chi connectivity index (χ0v) is 14.2. The van der Waals surface area contributed by atoms with E-state index < -0.39 is 11.9 Å². The molecule has 1 aliphatic rings. The number of nitrogens with two attached hydrogens (primary N) is 1. The number of hydrogen-bond acceptors (Lipinski definition) is 6. The van der Waals surface area contributed by atoms with Gasteiger partial charge in [-0.2, -0.15) is 4.68 Å².